The van der Waals surface area contributed by atoms with Gasteiger partial charge in [0.05, 0.1) is 20.8 Å². The summed E-state index contributed by atoms with van der Waals surface area (Å²) in [6, 6.07) is 10.2. The molecule has 1 saturated carbocycles. The highest BCUT2D eigenvalue weighted by Crippen LogP contribution is 2.29. The highest BCUT2D eigenvalue weighted by Gasteiger charge is 2.32. The fourth-order valence-electron chi connectivity index (χ4n) is 2.81. The molecule has 0 atom stereocenters. The zero-order valence-electron chi connectivity index (χ0n) is 14.7. The predicted octanol–water partition coefficient (Wildman–Crippen LogP) is 3.68. The van der Waals surface area contributed by atoms with Crippen LogP contribution in [0.3, 0.4) is 0 Å². The van der Waals surface area contributed by atoms with Gasteiger partial charge in [-0.1, -0.05) is 6.07 Å². The molecule has 6 heteroatoms. The van der Waals surface area contributed by atoms with Gasteiger partial charge in [0.25, 0.3) is 0 Å². The number of benzene rings is 1. The second kappa shape index (κ2) is 8.25. The number of urea groups is 1. The molecule has 1 fully saturated rings. The molecule has 1 aromatic carbocycles. The first-order valence-corrected chi connectivity index (χ1v) is 9.37. The van der Waals surface area contributed by atoms with E-state index in [-0.39, 0.29) is 6.03 Å². The summed E-state index contributed by atoms with van der Waals surface area (Å²) in [5.41, 5.74) is 1.03. The zero-order chi connectivity index (χ0) is 17.6. The number of ether oxygens (including phenoxy) is 2. The van der Waals surface area contributed by atoms with Crippen molar-refractivity contribution in [1.82, 2.24) is 10.2 Å². The number of carbonyl (C=O) groups excluding carboxylic acids is 1. The lowest BCUT2D eigenvalue weighted by molar-refractivity contribution is 0.192. The molecule has 2 amide bonds. The highest BCUT2D eigenvalue weighted by molar-refractivity contribution is 7.09. The molecule has 2 aromatic rings. The molecule has 5 nitrogen and oxygen atoms in total. The molecule has 134 valence electrons. The van der Waals surface area contributed by atoms with E-state index in [9.17, 15) is 4.79 Å². The van der Waals surface area contributed by atoms with Gasteiger partial charge in [-0.25, -0.2) is 4.79 Å². The van der Waals surface area contributed by atoms with E-state index in [0.29, 0.717) is 25.6 Å². The van der Waals surface area contributed by atoms with E-state index in [2.05, 4.69) is 11.4 Å². The molecule has 3 rings (SSSR count). The Morgan fingerprint density at radius 3 is 2.76 bits per heavy atom. The van der Waals surface area contributed by atoms with Crippen LogP contribution in [0.4, 0.5) is 4.79 Å². The third kappa shape index (κ3) is 4.66. The van der Waals surface area contributed by atoms with E-state index >= 15 is 0 Å². The van der Waals surface area contributed by atoms with Crippen molar-refractivity contribution in [2.75, 3.05) is 20.8 Å². The van der Waals surface area contributed by atoms with Crippen molar-refractivity contribution in [2.45, 2.75) is 31.8 Å². The van der Waals surface area contributed by atoms with Crippen molar-refractivity contribution in [2.24, 2.45) is 0 Å². The monoisotopic (exact) mass is 360 g/mol. The molecule has 1 heterocycles. The summed E-state index contributed by atoms with van der Waals surface area (Å²) in [5.74, 6) is 1.60. The maximum Gasteiger partial charge on any atom is 0.317 e. The van der Waals surface area contributed by atoms with Crippen LogP contribution >= 0.6 is 11.3 Å². The number of thiophene rings is 1. The van der Waals surface area contributed by atoms with Crippen molar-refractivity contribution in [3.05, 3.63) is 46.2 Å². The van der Waals surface area contributed by atoms with Crippen LogP contribution in [0.1, 0.15) is 23.3 Å². The Kier molecular flexibility index (Phi) is 5.81. The summed E-state index contributed by atoms with van der Waals surface area (Å²) < 4.78 is 10.7. The van der Waals surface area contributed by atoms with Gasteiger partial charge in [0.15, 0.2) is 0 Å². The Bertz CT molecular complexity index is 699. The Morgan fingerprint density at radius 2 is 2.12 bits per heavy atom. The van der Waals surface area contributed by atoms with Crippen LogP contribution in [0, 0.1) is 0 Å². The maximum atomic E-state index is 12.6. The summed E-state index contributed by atoms with van der Waals surface area (Å²) in [7, 11) is 3.30. The van der Waals surface area contributed by atoms with E-state index in [0.717, 1.165) is 29.9 Å². The van der Waals surface area contributed by atoms with Gasteiger partial charge in [-0.2, -0.15) is 0 Å². The topological polar surface area (TPSA) is 50.8 Å². The van der Waals surface area contributed by atoms with E-state index in [1.165, 1.54) is 4.88 Å². The third-order valence-electron chi connectivity index (χ3n) is 4.31. The first kappa shape index (κ1) is 17.6. The average molecular weight is 360 g/mol. The summed E-state index contributed by atoms with van der Waals surface area (Å²) in [4.78, 5) is 15.8. The summed E-state index contributed by atoms with van der Waals surface area (Å²) in [6.45, 7) is 1.26. The van der Waals surface area contributed by atoms with Crippen molar-refractivity contribution in [1.29, 1.82) is 0 Å². The Labute approximate surface area is 152 Å². The molecule has 0 spiro atoms. The fraction of sp³-hybridized carbons (Fsp3) is 0.421. The molecule has 0 bridgehead atoms. The van der Waals surface area contributed by atoms with Gasteiger partial charge in [0.2, 0.25) is 0 Å². The number of nitrogens with zero attached hydrogens (tertiary/aromatic N) is 1. The van der Waals surface area contributed by atoms with Crippen molar-refractivity contribution in [3.8, 4) is 11.5 Å². The lowest BCUT2D eigenvalue weighted by atomic mass is 10.1. The third-order valence-corrected chi connectivity index (χ3v) is 5.17. The normalized spacial score (nSPS) is 13.4. The Morgan fingerprint density at radius 1 is 1.28 bits per heavy atom. The van der Waals surface area contributed by atoms with Gasteiger partial charge >= 0.3 is 6.03 Å². The molecular weight excluding hydrogens is 336 g/mol. The minimum atomic E-state index is 0.0118. The minimum Gasteiger partial charge on any atom is -0.497 e. The van der Waals surface area contributed by atoms with Crippen LogP contribution in [0.2, 0.25) is 0 Å². The summed E-state index contributed by atoms with van der Waals surface area (Å²) in [5, 5.41) is 5.10. The lowest BCUT2D eigenvalue weighted by Crippen LogP contribution is -2.41. The van der Waals surface area contributed by atoms with Crippen molar-refractivity contribution < 1.29 is 14.3 Å². The number of hydrogen-bond donors (Lipinski definition) is 1. The van der Waals surface area contributed by atoms with E-state index < -0.39 is 0 Å². The van der Waals surface area contributed by atoms with Gasteiger partial charge < -0.3 is 19.7 Å². The van der Waals surface area contributed by atoms with Crippen LogP contribution in [-0.2, 0) is 13.0 Å². The highest BCUT2D eigenvalue weighted by atomic mass is 32.1. The van der Waals surface area contributed by atoms with Crippen molar-refractivity contribution in [3.63, 3.8) is 0 Å². The number of nitrogens with one attached hydrogen (secondary N) is 1. The SMILES string of the molecule is COc1ccc(OC)c(CCNC(=O)N(Cc2cccs2)C2CC2)c1. The van der Waals surface area contributed by atoms with E-state index in [1.54, 1.807) is 25.6 Å². The lowest BCUT2D eigenvalue weighted by Gasteiger charge is -2.22. The molecular formula is C19H24N2O3S. The van der Waals surface area contributed by atoms with Crippen LogP contribution in [0.25, 0.3) is 0 Å². The molecule has 1 aliphatic rings. The Hall–Kier alpha value is -2.21. The van der Waals surface area contributed by atoms with Gasteiger partial charge in [-0.05, 0) is 54.5 Å². The molecule has 0 saturated heterocycles. The molecule has 1 aliphatic carbocycles. The molecule has 0 radical (unpaired) electrons. The zero-order valence-corrected chi connectivity index (χ0v) is 15.5. The summed E-state index contributed by atoms with van der Waals surface area (Å²) >= 11 is 1.69. The molecule has 25 heavy (non-hydrogen) atoms. The van der Waals surface area contributed by atoms with Gasteiger partial charge in [-0.3, -0.25) is 0 Å². The van der Waals surface area contributed by atoms with Crippen LogP contribution in [0.5, 0.6) is 11.5 Å². The first-order chi connectivity index (χ1) is 12.2. The quantitative estimate of drug-likeness (QED) is 0.781. The van der Waals surface area contributed by atoms with Crippen LogP contribution < -0.4 is 14.8 Å². The standard InChI is InChI=1S/C19H24N2O3S/c1-23-16-7-8-18(24-2)14(12-16)9-10-20-19(22)21(15-5-6-15)13-17-4-3-11-25-17/h3-4,7-8,11-12,15H,5-6,9-10,13H2,1-2H3,(H,20,22). The molecule has 1 N–H and O–H groups in total. The van der Waals surface area contributed by atoms with Crippen LogP contribution in [-0.4, -0.2) is 37.7 Å². The fourth-order valence-corrected chi connectivity index (χ4v) is 3.51. The molecule has 0 aliphatic heterocycles. The smallest absolute Gasteiger partial charge is 0.317 e. The van der Waals surface area contributed by atoms with Gasteiger partial charge in [0, 0.05) is 17.5 Å². The van der Waals surface area contributed by atoms with Gasteiger partial charge in [0.1, 0.15) is 11.5 Å². The number of amides is 2. The van der Waals surface area contributed by atoms with Crippen molar-refractivity contribution >= 4 is 17.4 Å². The molecule has 1 aromatic heterocycles. The maximum absolute atomic E-state index is 12.6. The second-order valence-electron chi connectivity index (χ2n) is 6.10. The average Bonchev–Trinajstić information content (AvgIpc) is 3.35. The minimum absolute atomic E-state index is 0.0118. The number of methoxy groups -OCH3 is 2. The van der Waals surface area contributed by atoms with Crippen LogP contribution in [0.15, 0.2) is 35.7 Å². The largest absolute Gasteiger partial charge is 0.497 e. The number of hydrogen-bond acceptors (Lipinski definition) is 4. The summed E-state index contributed by atoms with van der Waals surface area (Å²) in [6.07, 6.45) is 2.90. The second-order valence-corrected chi connectivity index (χ2v) is 7.13. The molecule has 0 unspecified atom stereocenters. The van der Waals surface area contributed by atoms with Gasteiger partial charge in [-0.15, -0.1) is 11.3 Å². The van der Waals surface area contributed by atoms with E-state index in [4.69, 9.17) is 9.47 Å². The van der Waals surface area contributed by atoms with E-state index in [1.807, 2.05) is 34.5 Å². The Balaban J connectivity index is 1.56. The first-order valence-electron chi connectivity index (χ1n) is 8.49. The number of rotatable bonds is 8. The predicted molar refractivity (Wildman–Crippen MR) is 99.5 cm³/mol. The number of carbonyl (C=O) groups is 1.